The van der Waals surface area contributed by atoms with E-state index >= 15 is 0 Å². The Hall–Kier alpha value is -2.98. The Morgan fingerprint density at radius 2 is 2.08 bits per heavy atom. The summed E-state index contributed by atoms with van der Waals surface area (Å²) in [6.07, 6.45) is 10.5. The van der Waals surface area contributed by atoms with Crippen LogP contribution in [0.3, 0.4) is 0 Å². The van der Waals surface area contributed by atoms with Gasteiger partial charge in [-0.3, -0.25) is 9.20 Å². The first-order chi connectivity index (χ1) is 12.6. The summed E-state index contributed by atoms with van der Waals surface area (Å²) >= 11 is 6.22. The Bertz CT molecular complexity index is 1020. The molecular formula is C21H18ClN3O. The van der Waals surface area contributed by atoms with Crippen molar-refractivity contribution in [3.05, 3.63) is 84.0 Å². The topological polar surface area (TPSA) is 47.3 Å². The van der Waals surface area contributed by atoms with E-state index in [2.05, 4.69) is 11.6 Å². The highest BCUT2D eigenvalue weighted by Crippen LogP contribution is 2.30. The van der Waals surface area contributed by atoms with Gasteiger partial charge in [0.1, 0.15) is 11.4 Å². The first-order valence-electron chi connectivity index (χ1n) is 8.19. The quantitative estimate of drug-likeness (QED) is 0.345. The van der Waals surface area contributed by atoms with Gasteiger partial charge in [0.25, 0.3) is 0 Å². The number of fused-ring (bicyclic) bond motifs is 1. The molecule has 4 nitrogen and oxygen atoms in total. The molecule has 1 aromatic carbocycles. The lowest BCUT2D eigenvalue weighted by Gasteiger charge is -2.12. The minimum Gasteiger partial charge on any atom is -0.298 e. The van der Waals surface area contributed by atoms with Gasteiger partial charge in [0.2, 0.25) is 5.78 Å². The molecule has 5 heteroatoms. The molecule has 2 heterocycles. The maximum absolute atomic E-state index is 10.7. The molecular weight excluding hydrogens is 346 g/mol. The van der Waals surface area contributed by atoms with Gasteiger partial charge < -0.3 is 0 Å². The van der Waals surface area contributed by atoms with Crippen molar-refractivity contribution in [1.29, 1.82) is 0 Å². The lowest BCUT2D eigenvalue weighted by Crippen LogP contribution is -1.99. The third kappa shape index (κ3) is 3.65. The minimum absolute atomic E-state index is 0.437. The number of carbonyl (C=O) groups excluding carboxylic acids is 1. The molecule has 130 valence electrons. The fraction of sp³-hybridized carbons (Fsp3) is 0.0952. The highest BCUT2D eigenvalue weighted by molar-refractivity contribution is 6.29. The van der Waals surface area contributed by atoms with E-state index in [1.54, 1.807) is 16.7 Å². The van der Waals surface area contributed by atoms with Crippen LogP contribution in [-0.2, 0) is 4.79 Å². The Balaban J connectivity index is 2.12. The number of allylic oxidation sites excluding steroid dienone is 5. The third-order valence-electron chi connectivity index (χ3n) is 4.02. The molecule has 0 atom stereocenters. The molecule has 0 amide bonds. The van der Waals surface area contributed by atoms with Gasteiger partial charge >= 0.3 is 0 Å². The number of nitrogens with zero attached hydrogens (tertiary/aromatic N) is 3. The standard InChI is InChI=1S/C21H18ClN3O/c1-3-16(11-7-8-15(2)14-26)20-18(17-9-5-4-6-10-17)13-25-19(22)12-23-21(25)24-20/h3-10,12-14H,2,11H2,1H3/b8-7-,16-3+. The Morgan fingerprint density at radius 1 is 1.31 bits per heavy atom. The fourth-order valence-corrected chi connectivity index (χ4v) is 2.86. The molecule has 0 aliphatic carbocycles. The number of rotatable bonds is 6. The molecule has 0 saturated heterocycles. The van der Waals surface area contributed by atoms with Gasteiger partial charge in [0.05, 0.1) is 11.9 Å². The molecule has 3 aromatic rings. The molecule has 3 rings (SSSR count). The molecule has 2 aromatic heterocycles. The number of hydrogen-bond donors (Lipinski definition) is 0. The summed E-state index contributed by atoms with van der Waals surface area (Å²) in [5.74, 6) is 0.547. The summed E-state index contributed by atoms with van der Waals surface area (Å²) in [5.41, 5.74) is 4.32. The van der Waals surface area contributed by atoms with Crippen LogP contribution in [0.15, 0.2) is 73.1 Å². The summed E-state index contributed by atoms with van der Waals surface area (Å²) in [7, 11) is 0. The Kier molecular flexibility index (Phi) is 5.44. The summed E-state index contributed by atoms with van der Waals surface area (Å²) in [6, 6.07) is 10.0. The zero-order chi connectivity index (χ0) is 18.5. The molecule has 0 fully saturated rings. The van der Waals surface area contributed by atoms with E-state index in [0.717, 1.165) is 28.7 Å². The van der Waals surface area contributed by atoms with Gasteiger partial charge in [0.15, 0.2) is 0 Å². The van der Waals surface area contributed by atoms with Crippen LogP contribution in [0.25, 0.3) is 22.5 Å². The molecule has 0 aliphatic heterocycles. The van der Waals surface area contributed by atoms with E-state index in [1.165, 1.54) is 0 Å². The lowest BCUT2D eigenvalue weighted by atomic mass is 9.98. The van der Waals surface area contributed by atoms with Gasteiger partial charge in [-0.1, -0.05) is 66.7 Å². The van der Waals surface area contributed by atoms with Crippen molar-refractivity contribution in [2.24, 2.45) is 0 Å². The predicted molar refractivity (Wildman–Crippen MR) is 106 cm³/mol. The van der Waals surface area contributed by atoms with E-state index in [0.29, 0.717) is 22.9 Å². The second kappa shape index (κ2) is 7.93. The summed E-state index contributed by atoms with van der Waals surface area (Å²) < 4.78 is 1.77. The fourth-order valence-electron chi connectivity index (χ4n) is 2.69. The van der Waals surface area contributed by atoms with Crippen LogP contribution in [0.1, 0.15) is 19.0 Å². The van der Waals surface area contributed by atoms with Gasteiger partial charge in [0, 0.05) is 17.3 Å². The van der Waals surface area contributed by atoms with Crippen molar-refractivity contribution in [1.82, 2.24) is 14.4 Å². The van der Waals surface area contributed by atoms with E-state index < -0.39 is 0 Å². The largest absolute Gasteiger partial charge is 0.298 e. The Labute approximate surface area is 157 Å². The maximum atomic E-state index is 10.7. The zero-order valence-electron chi connectivity index (χ0n) is 14.4. The average molecular weight is 364 g/mol. The number of imidazole rings is 1. The van der Waals surface area contributed by atoms with E-state index in [9.17, 15) is 4.79 Å². The first-order valence-corrected chi connectivity index (χ1v) is 8.57. The van der Waals surface area contributed by atoms with Gasteiger partial charge in [-0.2, -0.15) is 0 Å². The normalized spacial score (nSPS) is 12.0. The van der Waals surface area contributed by atoms with Crippen LogP contribution >= 0.6 is 11.6 Å². The monoisotopic (exact) mass is 363 g/mol. The molecule has 26 heavy (non-hydrogen) atoms. The SMILES string of the molecule is C=C(C=O)/C=C\C/C(=C\C)c1nc2ncc(Cl)n2cc1-c1ccccc1. The van der Waals surface area contributed by atoms with Crippen molar-refractivity contribution in [3.63, 3.8) is 0 Å². The van der Waals surface area contributed by atoms with E-state index in [1.807, 2.05) is 55.6 Å². The number of carbonyl (C=O) groups is 1. The second-order valence-corrected chi connectivity index (χ2v) is 6.12. The van der Waals surface area contributed by atoms with Crippen LogP contribution in [0.2, 0.25) is 5.15 Å². The molecule has 0 aliphatic rings. The molecule has 0 N–H and O–H groups in total. The van der Waals surface area contributed by atoms with Crippen molar-refractivity contribution in [3.8, 4) is 11.1 Å². The van der Waals surface area contributed by atoms with Crippen LogP contribution in [0.5, 0.6) is 0 Å². The van der Waals surface area contributed by atoms with Crippen LogP contribution in [0.4, 0.5) is 0 Å². The highest BCUT2D eigenvalue weighted by Gasteiger charge is 2.14. The Morgan fingerprint density at radius 3 is 2.77 bits per heavy atom. The van der Waals surface area contributed by atoms with Crippen molar-refractivity contribution in [2.75, 3.05) is 0 Å². The van der Waals surface area contributed by atoms with Gasteiger partial charge in [-0.15, -0.1) is 0 Å². The average Bonchev–Trinajstić information content (AvgIpc) is 3.05. The summed E-state index contributed by atoms with van der Waals surface area (Å²) in [5, 5.41) is 0.514. The van der Waals surface area contributed by atoms with E-state index in [4.69, 9.17) is 16.6 Å². The number of halogens is 1. The van der Waals surface area contributed by atoms with Crippen molar-refractivity contribution >= 4 is 29.2 Å². The zero-order valence-corrected chi connectivity index (χ0v) is 15.1. The van der Waals surface area contributed by atoms with Crippen LogP contribution in [-0.4, -0.2) is 20.7 Å². The van der Waals surface area contributed by atoms with Gasteiger partial charge in [-0.05, 0) is 24.5 Å². The number of aldehydes is 1. The van der Waals surface area contributed by atoms with E-state index in [-0.39, 0.29) is 0 Å². The number of aromatic nitrogens is 3. The summed E-state index contributed by atoms with van der Waals surface area (Å²) in [6.45, 7) is 5.63. The molecule has 0 bridgehead atoms. The maximum Gasteiger partial charge on any atom is 0.235 e. The summed E-state index contributed by atoms with van der Waals surface area (Å²) in [4.78, 5) is 19.7. The molecule has 0 unspecified atom stereocenters. The van der Waals surface area contributed by atoms with Crippen LogP contribution < -0.4 is 0 Å². The molecule has 0 saturated carbocycles. The molecule has 0 spiro atoms. The third-order valence-corrected chi connectivity index (χ3v) is 4.30. The minimum atomic E-state index is 0.437. The smallest absolute Gasteiger partial charge is 0.235 e. The van der Waals surface area contributed by atoms with Crippen LogP contribution in [0, 0.1) is 0 Å². The first kappa shape index (κ1) is 17.8. The number of hydrogen-bond acceptors (Lipinski definition) is 3. The van der Waals surface area contributed by atoms with Crippen molar-refractivity contribution < 1.29 is 4.79 Å². The second-order valence-electron chi connectivity index (χ2n) is 5.73. The van der Waals surface area contributed by atoms with Crippen molar-refractivity contribution in [2.45, 2.75) is 13.3 Å². The number of benzene rings is 1. The lowest BCUT2D eigenvalue weighted by molar-refractivity contribution is -0.104. The molecule has 0 radical (unpaired) electrons. The van der Waals surface area contributed by atoms with Gasteiger partial charge in [-0.25, -0.2) is 9.97 Å². The predicted octanol–water partition coefficient (Wildman–Crippen LogP) is 5.15. The highest BCUT2D eigenvalue weighted by atomic mass is 35.5.